The normalized spacial score (nSPS) is 36.6. The number of likely N-dealkylation sites (N-methyl/N-ethyl adjacent to an activating group) is 1. The van der Waals surface area contributed by atoms with E-state index in [1.54, 1.807) is 4.90 Å². The lowest BCUT2D eigenvalue weighted by molar-refractivity contribution is 0.210. The van der Waals surface area contributed by atoms with Crippen LogP contribution in [-0.4, -0.2) is 54.4 Å². The van der Waals surface area contributed by atoms with Crippen LogP contribution in [0.25, 0.3) is 0 Å². The Hall–Kier alpha value is -0.315. The summed E-state index contributed by atoms with van der Waals surface area (Å²) in [6.45, 7) is 0. The Bertz CT molecular complexity index is 183. The summed E-state index contributed by atoms with van der Waals surface area (Å²) in [6, 6.07) is 0.551. The van der Waals surface area contributed by atoms with Crippen molar-refractivity contribution in [1.29, 1.82) is 0 Å². The molecule has 2 heterocycles. The molecule has 58 valence electrons. The number of amides is 2. The molecule has 0 spiro atoms. The molecule has 2 unspecified atom stereocenters. The Morgan fingerprint density at radius 1 is 1.55 bits per heavy atom. The van der Waals surface area contributed by atoms with Gasteiger partial charge >= 0.3 is 6.03 Å². The highest BCUT2D eigenvalue weighted by Gasteiger charge is 2.44. The number of hydrogen-bond acceptors (Lipinski definition) is 2. The largest absolute Gasteiger partial charge is 0.374 e. The van der Waals surface area contributed by atoms with Crippen LogP contribution in [0.15, 0.2) is 0 Å². The monoisotopic (exact) mass is 168 g/mol. The summed E-state index contributed by atoms with van der Waals surface area (Å²) in [7, 11) is 7.40. The van der Waals surface area contributed by atoms with Gasteiger partial charge in [0.2, 0.25) is 7.98 Å². The van der Waals surface area contributed by atoms with Gasteiger partial charge in [-0.1, -0.05) is 0 Å². The lowest BCUT2D eigenvalue weighted by Gasteiger charge is -2.14. The minimum atomic E-state index is -0.0414. The fourth-order valence-corrected chi connectivity index (χ4v) is 3.08. The number of thioether (sulfide) groups is 1. The maximum Gasteiger partial charge on any atom is 0.307 e. The van der Waals surface area contributed by atoms with Crippen LogP contribution in [0.5, 0.6) is 0 Å². The molecule has 0 aromatic rings. The Balaban J connectivity index is 2.23. The molecule has 0 aromatic heterocycles. The van der Waals surface area contributed by atoms with Gasteiger partial charge in [0.1, 0.15) is 0 Å². The van der Waals surface area contributed by atoms with Crippen molar-refractivity contribution in [2.45, 2.75) is 12.1 Å². The van der Waals surface area contributed by atoms with E-state index in [0.717, 1.165) is 11.5 Å². The van der Waals surface area contributed by atoms with E-state index in [1.807, 2.05) is 18.8 Å². The van der Waals surface area contributed by atoms with Gasteiger partial charge in [0.25, 0.3) is 0 Å². The SMILES string of the molecule is [B]N1C(=O)N(C)C2CSCC21. The summed E-state index contributed by atoms with van der Waals surface area (Å²) in [5.41, 5.74) is 0. The van der Waals surface area contributed by atoms with Gasteiger partial charge in [-0.3, -0.25) is 0 Å². The first-order valence-corrected chi connectivity index (χ1v) is 4.76. The molecule has 2 aliphatic heterocycles. The summed E-state index contributed by atoms with van der Waals surface area (Å²) < 4.78 is 0. The van der Waals surface area contributed by atoms with Crippen molar-refractivity contribution in [3.05, 3.63) is 0 Å². The van der Waals surface area contributed by atoms with Crippen LogP contribution in [0, 0.1) is 0 Å². The van der Waals surface area contributed by atoms with Crippen LogP contribution in [0.2, 0.25) is 0 Å². The molecule has 0 aromatic carbocycles. The van der Waals surface area contributed by atoms with E-state index >= 15 is 0 Å². The molecular weight excluding hydrogens is 159 g/mol. The zero-order valence-electron chi connectivity index (χ0n) is 6.36. The number of rotatable bonds is 0. The van der Waals surface area contributed by atoms with Crippen molar-refractivity contribution in [1.82, 2.24) is 9.71 Å². The van der Waals surface area contributed by atoms with Crippen molar-refractivity contribution in [2.75, 3.05) is 18.6 Å². The van der Waals surface area contributed by atoms with Crippen molar-refractivity contribution < 1.29 is 4.79 Å². The third-order valence-electron chi connectivity index (χ3n) is 2.40. The first kappa shape index (κ1) is 7.34. The quantitative estimate of drug-likeness (QED) is 0.373. The van der Waals surface area contributed by atoms with E-state index in [4.69, 9.17) is 7.98 Å². The molecule has 0 saturated carbocycles. The predicted molar refractivity (Wildman–Crippen MR) is 45.7 cm³/mol. The van der Waals surface area contributed by atoms with Gasteiger partial charge in [-0.25, -0.2) is 4.79 Å². The zero-order valence-corrected chi connectivity index (χ0v) is 7.17. The highest BCUT2D eigenvalue weighted by atomic mass is 32.2. The zero-order chi connectivity index (χ0) is 8.01. The summed E-state index contributed by atoms with van der Waals surface area (Å²) >= 11 is 1.86. The fraction of sp³-hybridized carbons (Fsp3) is 0.833. The molecule has 2 radical (unpaired) electrons. The van der Waals surface area contributed by atoms with Gasteiger partial charge in [-0.15, -0.1) is 0 Å². The fourth-order valence-electron chi connectivity index (χ4n) is 1.63. The lowest BCUT2D eigenvalue weighted by atomic mass is 10.1. The number of fused-ring (bicyclic) bond motifs is 1. The Labute approximate surface area is 71.5 Å². The molecule has 2 rings (SSSR count). The van der Waals surface area contributed by atoms with Crippen LogP contribution < -0.4 is 0 Å². The van der Waals surface area contributed by atoms with E-state index in [0.29, 0.717) is 6.04 Å². The standard InChI is InChI=1S/C6H9BN2OS/c1-8-4-2-11-3-5(4)9(7)6(8)10/h4-5H,2-3H2,1H3. The molecule has 11 heavy (non-hydrogen) atoms. The topological polar surface area (TPSA) is 23.6 Å². The lowest BCUT2D eigenvalue weighted by Crippen LogP contribution is -2.33. The van der Waals surface area contributed by atoms with Crippen LogP contribution in [0.4, 0.5) is 4.79 Å². The molecule has 0 bridgehead atoms. The predicted octanol–water partition coefficient (Wildman–Crippen LogP) is -0.0787. The first-order valence-electron chi connectivity index (χ1n) is 3.60. The van der Waals surface area contributed by atoms with Gasteiger partial charge in [0, 0.05) is 18.6 Å². The van der Waals surface area contributed by atoms with Crippen molar-refractivity contribution in [3.8, 4) is 0 Å². The van der Waals surface area contributed by atoms with E-state index in [2.05, 4.69) is 0 Å². The van der Waals surface area contributed by atoms with Crippen molar-refractivity contribution >= 4 is 25.8 Å². The molecule has 3 nitrogen and oxygen atoms in total. The number of hydrogen-bond donors (Lipinski definition) is 0. The summed E-state index contributed by atoms with van der Waals surface area (Å²) in [5, 5.41) is 0. The highest BCUT2D eigenvalue weighted by molar-refractivity contribution is 7.99. The molecule has 0 aliphatic carbocycles. The third-order valence-corrected chi connectivity index (χ3v) is 3.55. The Morgan fingerprint density at radius 2 is 2.18 bits per heavy atom. The molecule has 2 aliphatic rings. The third kappa shape index (κ3) is 0.867. The number of nitrogens with zero attached hydrogens (tertiary/aromatic N) is 2. The molecule has 2 atom stereocenters. The van der Waals surface area contributed by atoms with E-state index < -0.39 is 0 Å². The number of carbonyl (C=O) groups excluding carboxylic acids is 1. The maximum absolute atomic E-state index is 11.2. The highest BCUT2D eigenvalue weighted by Crippen LogP contribution is 2.31. The molecule has 2 saturated heterocycles. The van der Waals surface area contributed by atoms with Gasteiger partial charge in [0.05, 0.1) is 12.1 Å². The van der Waals surface area contributed by atoms with Crippen LogP contribution in [-0.2, 0) is 0 Å². The second-order valence-corrected chi connectivity index (χ2v) is 4.05. The molecular formula is C6H9BN2OS. The number of urea groups is 1. The van der Waals surface area contributed by atoms with Crippen LogP contribution in [0.3, 0.4) is 0 Å². The molecule has 5 heteroatoms. The van der Waals surface area contributed by atoms with Gasteiger partial charge < -0.3 is 9.71 Å². The van der Waals surface area contributed by atoms with E-state index in [1.165, 1.54) is 4.81 Å². The Kier molecular flexibility index (Phi) is 1.56. The summed E-state index contributed by atoms with van der Waals surface area (Å²) in [6.07, 6.45) is 0. The minimum Gasteiger partial charge on any atom is -0.374 e. The van der Waals surface area contributed by atoms with E-state index in [-0.39, 0.29) is 12.1 Å². The minimum absolute atomic E-state index is 0.0414. The van der Waals surface area contributed by atoms with Crippen molar-refractivity contribution in [3.63, 3.8) is 0 Å². The summed E-state index contributed by atoms with van der Waals surface area (Å²) in [4.78, 5) is 14.3. The first-order chi connectivity index (χ1) is 5.22. The summed E-state index contributed by atoms with van der Waals surface area (Å²) in [5.74, 6) is 2.01. The second kappa shape index (κ2) is 2.34. The van der Waals surface area contributed by atoms with E-state index in [9.17, 15) is 4.79 Å². The van der Waals surface area contributed by atoms with Crippen LogP contribution >= 0.6 is 11.8 Å². The smallest absolute Gasteiger partial charge is 0.307 e. The van der Waals surface area contributed by atoms with Crippen LogP contribution in [0.1, 0.15) is 0 Å². The van der Waals surface area contributed by atoms with Crippen molar-refractivity contribution in [2.24, 2.45) is 0 Å². The van der Waals surface area contributed by atoms with Gasteiger partial charge in [-0.05, 0) is 0 Å². The van der Waals surface area contributed by atoms with Gasteiger partial charge in [-0.2, -0.15) is 11.8 Å². The maximum atomic E-state index is 11.2. The molecule has 2 amide bonds. The van der Waals surface area contributed by atoms with Gasteiger partial charge in [0.15, 0.2) is 0 Å². The Morgan fingerprint density at radius 3 is 2.82 bits per heavy atom. The average Bonchev–Trinajstić information content (AvgIpc) is 2.53. The molecule has 2 fully saturated rings. The molecule has 0 N–H and O–H groups in total. The number of carbonyl (C=O) groups is 1. The average molecular weight is 168 g/mol. The second-order valence-electron chi connectivity index (χ2n) is 2.97.